The summed E-state index contributed by atoms with van der Waals surface area (Å²) in [5.41, 5.74) is 2.31. The Hall–Kier alpha value is -1.72. The van der Waals surface area contributed by atoms with E-state index in [1.807, 2.05) is 24.3 Å². The predicted octanol–water partition coefficient (Wildman–Crippen LogP) is 5.67. The van der Waals surface area contributed by atoms with Gasteiger partial charge in [-0.1, -0.05) is 50.6 Å². The fourth-order valence-corrected chi connectivity index (χ4v) is 3.14. The highest BCUT2D eigenvalue weighted by Crippen LogP contribution is 2.31. The summed E-state index contributed by atoms with van der Waals surface area (Å²) in [5.74, 6) is 0.813. The molecule has 0 saturated carbocycles. The molecule has 146 valence electrons. The highest BCUT2D eigenvalue weighted by Gasteiger charge is 2.15. The number of urea groups is 1. The summed E-state index contributed by atoms with van der Waals surface area (Å²) < 4.78 is 6.74. The molecule has 27 heavy (non-hydrogen) atoms. The first kappa shape index (κ1) is 21.6. The minimum atomic E-state index is -0.203. The summed E-state index contributed by atoms with van der Waals surface area (Å²) in [5, 5.41) is 6.29. The highest BCUT2D eigenvalue weighted by molar-refractivity contribution is 9.10. The van der Waals surface area contributed by atoms with Crippen LogP contribution in [0.4, 0.5) is 4.79 Å². The van der Waals surface area contributed by atoms with Crippen LogP contribution in [0.15, 0.2) is 46.9 Å². The molecule has 2 aromatic carbocycles. The van der Waals surface area contributed by atoms with Gasteiger partial charge in [-0.15, -0.1) is 0 Å². The zero-order chi connectivity index (χ0) is 19.9. The molecule has 0 radical (unpaired) electrons. The molecule has 0 fully saturated rings. The second-order valence-corrected chi connectivity index (χ2v) is 8.63. The number of benzene rings is 2. The third kappa shape index (κ3) is 7.43. The van der Waals surface area contributed by atoms with Crippen molar-refractivity contribution >= 4 is 33.6 Å². The minimum absolute atomic E-state index is 0.101. The van der Waals surface area contributed by atoms with Gasteiger partial charge in [-0.05, 0) is 63.2 Å². The summed E-state index contributed by atoms with van der Waals surface area (Å²) >= 11 is 9.49. The summed E-state index contributed by atoms with van der Waals surface area (Å²) in [6.45, 7) is 8.05. The predicted molar refractivity (Wildman–Crippen MR) is 115 cm³/mol. The van der Waals surface area contributed by atoms with E-state index >= 15 is 0 Å². The molecular formula is C21H26BrClN2O2. The molecule has 0 spiro atoms. The molecular weight excluding hydrogens is 428 g/mol. The van der Waals surface area contributed by atoms with Gasteiger partial charge in [0.05, 0.1) is 11.1 Å². The number of ether oxygens (including phenoxy) is 1. The Morgan fingerprint density at radius 3 is 2.59 bits per heavy atom. The Kier molecular flexibility index (Phi) is 7.99. The minimum Gasteiger partial charge on any atom is -0.492 e. The molecule has 6 heteroatoms. The lowest BCUT2D eigenvalue weighted by atomic mass is 9.87. The first-order valence-electron chi connectivity index (χ1n) is 8.94. The zero-order valence-electron chi connectivity index (χ0n) is 15.9. The first-order valence-corrected chi connectivity index (χ1v) is 10.1. The van der Waals surface area contributed by atoms with E-state index < -0.39 is 0 Å². The number of halogens is 2. The molecule has 0 heterocycles. The zero-order valence-corrected chi connectivity index (χ0v) is 18.3. The number of rotatable bonds is 7. The van der Waals surface area contributed by atoms with Crippen molar-refractivity contribution in [2.75, 3.05) is 13.2 Å². The fourth-order valence-electron chi connectivity index (χ4n) is 2.43. The van der Waals surface area contributed by atoms with Crippen molar-refractivity contribution < 1.29 is 9.53 Å². The average molecular weight is 454 g/mol. The van der Waals surface area contributed by atoms with Crippen LogP contribution in [0.5, 0.6) is 5.75 Å². The van der Waals surface area contributed by atoms with E-state index in [1.54, 1.807) is 6.07 Å². The Morgan fingerprint density at radius 1 is 1.15 bits per heavy atom. The van der Waals surface area contributed by atoms with Crippen LogP contribution < -0.4 is 15.4 Å². The van der Waals surface area contributed by atoms with Crippen LogP contribution in [0, 0.1) is 0 Å². The van der Waals surface area contributed by atoms with Gasteiger partial charge in [0.2, 0.25) is 0 Å². The van der Waals surface area contributed by atoms with Gasteiger partial charge in [0.1, 0.15) is 5.75 Å². The Balaban J connectivity index is 1.66. The van der Waals surface area contributed by atoms with Crippen molar-refractivity contribution in [1.29, 1.82) is 0 Å². The molecule has 0 aliphatic rings. The van der Waals surface area contributed by atoms with E-state index in [0.717, 1.165) is 22.2 Å². The first-order chi connectivity index (χ1) is 12.8. The van der Waals surface area contributed by atoms with E-state index in [1.165, 1.54) is 5.56 Å². The largest absolute Gasteiger partial charge is 0.492 e. The molecule has 0 aliphatic carbocycles. The van der Waals surface area contributed by atoms with Gasteiger partial charge in [0.15, 0.2) is 0 Å². The van der Waals surface area contributed by atoms with Crippen LogP contribution in [0.3, 0.4) is 0 Å². The normalized spacial score (nSPS) is 11.1. The number of carbonyl (C=O) groups is 1. The van der Waals surface area contributed by atoms with E-state index in [-0.39, 0.29) is 11.4 Å². The van der Waals surface area contributed by atoms with Crippen LogP contribution in [0.1, 0.15) is 38.3 Å². The molecule has 0 bridgehead atoms. The van der Waals surface area contributed by atoms with Gasteiger partial charge in [-0.3, -0.25) is 0 Å². The third-order valence-corrected chi connectivity index (χ3v) is 4.86. The molecule has 0 atom stereocenters. The van der Waals surface area contributed by atoms with E-state index in [0.29, 0.717) is 24.7 Å². The van der Waals surface area contributed by atoms with Crippen LogP contribution in [-0.4, -0.2) is 19.2 Å². The lowest BCUT2D eigenvalue weighted by Gasteiger charge is -2.20. The molecule has 2 N–H and O–H groups in total. The van der Waals surface area contributed by atoms with E-state index in [2.05, 4.69) is 59.5 Å². The number of hydrogen-bond acceptors (Lipinski definition) is 2. The second-order valence-electron chi connectivity index (χ2n) is 7.34. The van der Waals surface area contributed by atoms with Crippen molar-refractivity contribution in [2.24, 2.45) is 0 Å². The standard InChI is InChI=1S/C21H26BrClN2O2/c1-21(2,3)16-8-9-19(18(22)13-16)27-11-5-10-24-20(26)25-14-15-6-4-7-17(23)12-15/h4,6-9,12-13H,5,10-11,14H2,1-3H3,(H2,24,25,26). The van der Waals surface area contributed by atoms with E-state index in [4.69, 9.17) is 16.3 Å². The number of carbonyl (C=O) groups excluding carboxylic acids is 1. The lowest BCUT2D eigenvalue weighted by molar-refractivity contribution is 0.238. The Labute approximate surface area is 174 Å². The second kappa shape index (κ2) is 10.00. The molecule has 0 aromatic heterocycles. The fraction of sp³-hybridized carbons (Fsp3) is 0.381. The number of nitrogens with one attached hydrogen (secondary N) is 2. The van der Waals surface area contributed by atoms with Crippen molar-refractivity contribution in [3.8, 4) is 5.75 Å². The van der Waals surface area contributed by atoms with Gasteiger partial charge in [-0.25, -0.2) is 4.79 Å². The number of amides is 2. The van der Waals surface area contributed by atoms with Crippen LogP contribution in [0.2, 0.25) is 5.02 Å². The van der Waals surface area contributed by atoms with Crippen molar-refractivity contribution in [3.05, 3.63) is 63.1 Å². The van der Waals surface area contributed by atoms with Crippen molar-refractivity contribution in [1.82, 2.24) is 10.6 Å². The smallest absolute Gasteiger partial charge is 0.315 e. The van der Waals surface area contributed by atoms with Gasteiger partial charge in [0, 0.05) is 18.1 Å². The van der Waals surface area contributed by atoms with Crippen molar-refractivity contribution in [3.63, 3.8) is 0 Å². The summed E-state index contributed by atoms with van der Waals surface area (Å²) in [6, 6.07) is 13.4. The summed E-state index contributed by atoms with van der Waals surface area (Å²) in [7, 11) is 0. The van der Waals surface area contributed by atoms with Gasteiger partial charge < -0.3 is 15.4 Å². The molecule has 2 amide bonds. The molecule has 2 aromatic rings. The third-order valence-electron chi connectivity index (χ3n) is 4.00. The van der Waals surface area contributed by atoms with E-state index in [9.17, 15) is 4.79 Å². The quantitative estimate of drug-likeness (QED) is 0.531. The molecule has 2 rings (SSSR count). The monoisotopic (exact) mass is 452 g/mol. The van der Waals surface area contributed by atoms with Crippen LogP contribution in [0.25, 0.3) is 0 Å². The maximum absolute atomic E-state index is 11.8. The Morgan fingerprint density at radius 2 is 1.93 bits per heavy atom. The maximum atomic E-state index is 11.8. The van der Waals surface area contributed by atoms with Gasteiger partial charge in [-0.2, -0.15) is 0 Å². The highest BCUT2D eigenvalue weighted by atomic mass is 79.9. The summed E-state index contributed by atoms with van der Waals surface area (Å²) in [4.78, 5) is 11.8. The topological polar surface area (TPSA) is 50.4 Å². The molecule has 0 saturated heterocycles. The summed E-state index contributed by atoms with van der Waals surface area (Å²) in [6.07, 6.45) is 0.720. The van der Waals surface area contributed by atoms with Crippen LogP contribution >= 0.6 is 27.5 Å². The van der Waals surface area contributed by atoms with Gasteiger partial charge >= 0.3 is 6.03 Å². The number of hydrogen-bond donors (Lipinski definition) is 2. The van der Waals surface area contributed by atoms with Gasteiger partial charge in [0.25, 0.3) is 0 Å². The SMILES string of the molecule is CC(C)(C)c1ccc(OCCCNC(=O)NCc2cccc(Cl)c2)c(Br)c1. The maximum Gasteiger partial charge on any atom is 0.315 e. The lowest BCUT2D eigenvalue weighted by Crippen LogP contribution is -2.36. The average Bonchev–Trinajstić information content (AvgIpc) is 2.60. The molecule has 0 unspecified atom stereocenters. The Bertz CT molecular complexity index is 775. The van der Waals surface area contributed by atoms with Crippen molar-refractivity contribution in [2.45, 2.75) is 39.2 Å². The molecule has 4 nitrogen and oxygen atoms in total. The molecule has 0 aliphatic heterocycles. The van der Waals surface area contributed by atoms with Crippen LogP contribution in [-0.2, 0) is 12.0 Å².